The molecule has 1 heterocycles. The number of rotatable bonds is 8. The molecular formula is C13H26N4O. The van der Waals surface area contributed by atoms with Crippen LogP contribution in [-0.4, -0.2) is 29.5 Å². The zero-order valence-corrected chi connectivity index (χ0v) is 12.0. The first-order valence-corrected chi connectivity index (χ1v) is 6.74. The molecule has 104 valence electrons. The number of nitrogens with zero attached hydrogens (tertiary/aromatic N) is 2. The predicted molar refractivity (Wildman–Crippen MR) is 76.0 cm³/mol. The zero-order chi connectivity index (χ0) is 13.5. The number of nitrogens with two attached hydrogens (primary N) is 1. The van der Waals surface area contributed by atoms with Crippen LogP contribution in [0.25, 0.3) is 0 Å². The summed E-state index contributed by atoms with van der Waals surface area (Å²) in [6, 6.07) is 0.296. The van der Waals surface area contributed by atoms with Gasteiger partial charge in [0.1, 0.15) is 5.82 Å². The van der Waals surface area contributed by atoms with Gasteiger partial charge < -0.3 is 15.8 Å². The fourth-order valence-corrected chi connectivity index (χ4v) is 1.70. The first kappa shape index (κ1) is 14.8. The first-order valence-electron chi connectivity index (χ1n) is 6.74. The lowest BCUT2D eigenvalue weighted by Crippen LogP contribution is -2.15. The van der Waals surface area contributed by atoms with E-state index in [1.807, 2.05) is 11.6 Å². The van der Waals surface area contributed by atoms with Crippen molar-refractivity contribution in [3.8, 4) is 0 Å². The van der Waals surface area contributed by atoms with Gasteiger partial charge in [-0.1, -0.05) is 13.3 Å². The number of anilines is 2. The lowest BCUT2D eigenvalue weighted by Gasteiger charge is -2.13. The molecule has 1 aromatic rings. The van der Waals surface area contributed by atoms with E-state index in [0.717, 1.165) is 36.8 Å². The van der Waals surface area contributed by atoms with Crippen molar-refractivity contribution in [3.63, 3.8) is 0 Å². The largest absolute Gasteiger partial charge is 0.394 e. The molecule has 0 unspecified atom stereocenters. The summed E-state index contributed by atoms with van der Waals surface area (Å²) in [5, 5.41) is 7.74. The summed E-state index contributed by atoms with van der Waals surface area (Å²) in [7, 11) is 0. The van der Waals surface area contributed by atoms with Crippen molar-refractivity contribution in [2.45, 2.75) is 46.6 Å². The molecule has 0 spiro atoms. The van der Waals surface area contributed by atoms with Crippen molar-refractivity contribution in [3.05, 3.63) is 5.69 Å². The number of aryl methyl sites for hydroxylation is 1. The minimum absolute atomic E-state index is 0.296. The summed E-state index contributed by atoms with van der Waals surface area (Å²) in [4.78, 5) is 0. The van der Waals surface area contributed by atoms with Crippen LogP contribution in [0.5, 0.6) is 0 Å². The van der Waals surface area contributed by atoms with Crippen molar-refractivity contribution in [1.82, 2.24) is 9.78 Å². The highest BCUT2D eigenvalue weighted by atomic mass is 16.5. The third-order valence-electron chi connectivity index (χ3n) is 2.80. The van der Waals surface area contributed by atoms with Gasteiger partial charge in [-0.15, -0.1) is 0 Å². The Bertz CT molecular complexity index is 360. The van der Waals surface area contributed by atoms with Crippen LogP contribution in [0, 0.1) is 6.92 Å². The van der Waals surface area contributed by atoms with Gasteiger partial charge in [-0.3, -0.25) is 0 Å². The highest BCUT2D eigenvalue weighted by molar-refractivity contribution is 5.64. The highest BCUT2D eigenvalue weighted by Crippen LogP contribution is 2.25. The van der Waals surface area contributed by atoms with Crippen molar-refractivity contribution >= 4 is 11.5 Å². The van der Waals surface area contributed by atoms with E-state index < -0.39 is 0 Å². The van der Waals surface area contributed by atoms with Crippen molar-refractivity contribution in [2.75, 3.05) is 30.8 Å². The second-order valence-corrected chi connectivity index (χ2v) is 4.78. The van der Waals surface area contributed by atoms with Gasteiger partial charge in [0.2, 0.25) is 0 Å². The molecule has 0 atom stereocenters. The van der Waals surface area contributed by atoms with Crippen molar-refractivity contribution in [2.24, 2.45) is 0 Å². The van der Waals surface area contributed by atoms with Gasteiger partial charge in [-0.2, -0.15) is 5.10 Å². The Morgan fingerprint density at radius 1 is 1.39 bits per heavy atom. The van der Waals surface area contributed by atoms with E-state index in [9.17, 15) is 0 Å². The number of hydrogen-bond donors (Lipinski definition) is 2. The van der Waals surface area contributed by atoms with E-state index >= 15 is 0 Å². The van der Waals surface area contributed by atoms with Crippen LogP contribution in [0.2, 0.25) is 0 Å². The van der Waals surface area contributed by atoms with E-state index in [1.54, 1.807) is 0 Å². The van der Waals surface area contributed by atoms with Gasteiger partial charge in [0.05, 0.1) is 18.0 Å². The van der Waals surface area contributed by atoms with Gasteiger partial charge in [0.15, 0.2) is 0 Å². The fourth-order valence-electron chi connectivity index (χ4n) is 1.70. The second-order valence-electron chi connectivity index (χ2n) is 4.78. The summed E-state index contributed by atoms with van der Waals surface area (Å²) in [5.41, 5.74) is 7.62. The van der Waals surface area contributed by atoms with E-state index in [-0.39, 0.29) is 0 Å². The molecule has 0 aromatic carbocycles. The van der Waals surface area contributed by atoms with Crippen molar-refractivity contribution in [1.29, 1.82) is 0 Å². The molecule has 1 rings (SSSR count). The van der Waals surface area contributed by atoms with Gasteiger partial charge >= 0.3 is 0 Å². The Hall–Kier alpha value is -1.23. The van der Waals surface area contributed by atoms with Crippen LogP contribution in [0.1, 0.15) is 45.3 Å². The number of unbranched alkanes of at least 4 members (excludes halogenated alkanes) is 1. The molecule has 0 amide bonds. The normalized spacial score (nSPS) is 11.2. The smallest absolute Gasteiger partial charge is 0.148 e. The molecule has 0 bridgehead atoms. The summed E-state index contributed by atoms with van der Waals surface area (Å²) < 4.78 is 7.44. The monoisotopic (exact) mass is 254 g/mol. The van der Waals surface area contributed by atoms with Crippen molar-refractivity contribution < 1.29 is 4.74 Å². The molecule has 0 aliphatic heterocycles. The average molecular weight is 254 g/mol. The summed E-state index contributed by atoms with van der Waals surface area (Å²) in [6.07, 6.45) is 2.28. The standard InChI is InChI=1S/C13H26N4O/c1-5-6-8-18-9-7-15-13-12(14)11(4)16-17(13)10(2)3/h10,15H,5-9,14H2,1-4H3. The number of aromatic nitrogens is 2. The third kappa shape index (κ3) is 3.91. The number of hydrogen-bond acceptors (Lipinski definition) is 4. The molecule has 0 aliphatic rings. The maximum Gasteiger partial charge on any atom is 0.148 e. The number of nitrogens with one attached hydrogen (secondary N) is 1. The van der Waals surface area contributed by atoms with E-state index in [4.69, 9.17) is 10.5 Å². The molecule has 0 fully saturated rings. The van der Waals surface area contributed by atoms with E-state index in [0.29, 0.717) is 12.6 Å². The maximum absolute atomic E-state index is 6.02. The number of nitrogen functional groups attached to an aromatic ring is 1. The summed E-state index contributed by atoms with van der Waals surface area (Å²) >= 11 is 0. The third-order valence-corrected chi connectivity index (χ3v) is 2.80. The van der Waals surface area contributed by atoms with Gasteiger partial charge in [0.25, 0.3) is 0 Å². The summed E-state index contributed by atoms with van der Waals surface area (Å²) in [5.74, 6) is 0.904. The molecule has 1 aromatic heterocycles. The molecule has 18 heavy (non-hydrogen) atoms. The quantitative estimate of drug-likeness (QED) is 0.700. The summed E-state index contributed by atoms with van der Waals surface area (Å²) in [6.45, 7) is 10.6. The Kier molecular flexibility index (Phi) is 5.98. The molecule has 3 N–H and O–H groups in total. The minimum Gasteiger partial charge on any atom is -0.394 e. The minimum atomic E-state index is 0.296. The number of ether oxygens (including phenoxy) is 1. The van der Waals surface area contributed by atoms with Crippen LogP contribution in [0.15, 0.2) is 0 Å². The Morgan fingerprint density at radius 3 is 2.72 bits per heavy atom. The molecular weight excluding hydrogens is 228 g/mol. The van der Waals surface area contributed by atoms with Crippen LogP contribution in [0.4, 0.5) is 11.5 Å². The molecule has 0 saturated carbocycles. The van der Waals surface area contributed by atoms with Gasteiger partial charge in [-0.05, 0) is 27.2 Å². The Morgan fingerprint density at radius 2 is 2.11 bits per heavy atom. The first-order chi connectivity index (χ1) is 8.57. The van der Waals surface area contributed by atoms with E-state index in [2.05, 4.69) is 31.2 Å². The topological polar surface area (TPSA) is 65.1 Å². The molecule has 0 saturated heterocycles. The lowest BCUT2D eigenvalue weighted by molar-refractivity contribution is 0.141. The maximum atomic E-state index is 6.02. The zero-order valence-electron chi connectivity index (χ0n) is 12.0. The van der Waals surface area contributed by atoms with Crippen LogP contribution in [0.3, 0.4) is 0 Å². The highest BCUT2D eigenvalue weighted by Gasteiger charge is 2.13. The van der Waals surface area contributed by atoms with Crippen LogP contribution in [-0.2, 0) is 4.74 Å². The fraction of sp³-hybridized carbons (Fsp3) is 0.769. The Labute approximate surface area is 110 Å². The molecule has 0 radical (unpaired) electrons. The van der Waals surface area contributed by atoms with Crippen LogP contribution >= 0.6 is 0 Å². The molecule has 5 nitrogen and oxygen atoms in total. The Balaban J connectivity index is 2.46. The second kappa shape index (κ2) is 7.26. The van der Waals surface area contributed by atoms with Gasteiger partial charge in [-0.25, -0.2) is 4.68 Å². The van der Waals surface area contributed by atoms with Crippen LogP contribution < -0.4 is 11.1 Å². The molecule has 0 aliphatic carbocycles. The molecule has 5 heteroatoms. The SMILES string of the molecule is CCCCOCCNc1c(N)c(C)nn1C(C)C. The van der Waals surface area contributed by atoms with Gasteiger partial charge in [0, 0.05) is 19.2 Å². The predicted octanol–water partition coefficient (Wildman–Crippen LogP) is 2.58. The van der Waals surface area contributed by atoms with E-state index in [1.165, 1.54) is 6.42 Å². The lowest BCUT2D eigenvalue weighted by atomic mass is 10.3. The average Bonchev–Trinajstić information content (AvgIpc) is 2.61.